The van der Waals surface area contributed by atoms with Crippen molar-refractivity contribution in [1.29, 1.82) is 0 Å². The quantitative estimate of drug-likeness (QED) is 0.0538. The summed E-state index contributed by atoms with van der Waals surface area (Å²) >= 11 is 3.04. The van der Waals surface area contributed by atoms with Crippen LogP contribution in [0.25, 0.3) is 0 Å². The third kappa shape index (κ3) is 16.3. The van der Waals surface area contributed by atoms with Gasteiger partial charge in [-0.3, -0.25) is 19.4 Å². The maximum Gasteiger partial charge on any atom is 0.430 e. The molecule has 78 heavy (non-hydrogen) atoms. The van der Waals surface area contributed by atoms with Crippen LogP contribution in [-0.4, -0.2) is 157 Å². The fourth-order valence-corrected chi connectivity index (χ4v) is 13.1. The molecule has 14 nitrogen and oxygen atoms in total. The van der Waals surface area contributed by atoms with E-state index < -0.39 is 24.3 Å². The van der Waals surface area contributed by atoms with E-state index in [1.807, 2.05) is 95.7 Å². The lowest BCUT2D eigenvalue weighted by atomic mass is 9.83. The number of carbonyl (C=O) groups is 6. The van der Waals surface area contributed by atoms with Crippen molar-refractivity contribution < 1.29 is 83.8 Å². The summed E-state index contributed by atoms with van der Waals surface area (Å²) in [7, 11) is 0. The number of ether oxygens (including phenoxy) is 2. The van der Waals surface area contributed by atoms with Crippen LogP contribution in [0.1, 0.15) is 107 Å². The molecule has 0 spiro atoms. The Morgan fingerprint density at radius 3 is 1.12 bits per heavy atom. The molecular weight excluding hydrogens is 1070 g/mol. The summed E-state index contributed by atoms with van der Waals surface area (Å²) in [4.78, 5) is 76.7. The third-order valence-electron chi connectivity index (χ3n) is 15.8. The van der Waals surface area contributed by atoms with Crippen LogP contribution in [0.5, 0.6) is 0 Å². The second kappa shape index (κ2) is 27.1. The van der Waals surface area contributed by atoms with Crippen LogP contribution in [0.4, 0.5) is 26.3 Å². The zero-order valence-corrected chi connectivity index (χ0v) is 44.8. The summed E-state index contributed by atoms with van der Waals surface area (Å²) in [6, 6.07) is 27.3. The largest absolute Gasteiger partial charge is 0.542 e. The van der Waals surface area contributed by atoms with Gasteiger partial charge in [0.2, 0.25) is 11.6 Å². The first-order valence-electron chi connectivity index (χ1n) is 26.5. The van der Waals surface area contributed by atoms with Gasteiger partial charge in [0, 0.05) is 37.5 Å². The number of ketones is 2. The number of hydrogen-bond acceptors (Lipinski definition) is 14. The van der Waals surface area contributed by atoms with Gasteiger partial charge in [-0.2, -0.15) is 26.3 Å². The first kappa shape index (κ1) is 60.1. The number of likely N-dealkylation sites (tertiary alicyclic amines) is 2. The van der Waals surface area contributed by atoms with E-state index >= 15 is 0 Å². The number of aliphatic carboxylic acids is 2. The number of halogens is 6. The monoisotopic (exact) mass is 1130 g/mol. The van der Waals surface area contributed by atoms with Gasteiger partial charge in [-0.25, -0.2) is 9.59 Å². The molecule has 22 heteroatoms. The Kier molecular flexibility index (Phi) is 20.9. The zero-order chi connectivity index (χ0) is 56.1. The highest BCUT2D eigenvalue weighted by Gasteiger charge is 2.51. The van der Waals surface area contributed by atoms with Crippen molar-refractivity contribution in [3.63, 3.8) is 0 Å². The van der Waals surface area contributed by atoms with Crippen LogP contribution in [0.3, 0.4) is 0 Å². The molecule has 2 aromatic heterocycles. The Morgan fingerprint density at radius 2 is 0.833 bits per heavy atom. The van der Waals surface area contributed by atoms with E-state index in [-0.39, 0.29) is 47.8 Å². The maximum atomic E-state index is 13.6. The summed E-state index contributed by atoms with van der Waals surface area (Å²) in [5, 5.41) is 21.5. The number of carbonyl (C=O) groups excluding carboxylic acids is 6. The van der Waals surface area contributed by atoms with Crippen molar-refractivity contribution in [2.24, 2.45) is 11.8 Å². The predicted octanol–water partition coefficient (Wildman–Crippen LogP) is 7.22. The van der Waals surface area contributed by atoms with Crippen molar-refractivity contribution in [2.45, 2.75) is 101 Å². The lowest BCUT2D eigenvalue weighted by Gasteiger charge is -2.51. The minimum atomic E-state index is -5.19. The van der Waals surface area contributed by atoms with Gasteiger partial charge in [0.05, 0.1) is 35.9 Å². The Morgan fingerprint density at radius 1 is 0.513 bits per heavy atom. The Bertz CT molecular complexity index is 2400. The topological polar surface area (TPSA) is 173 Å². The lowest BCUT2D eigenvalue weighted by molar-refractivity contribution is -0.938. The standard InChI is InChI=1S/2C26H33N2O3S.2C2HF3O2/c2*29-22(24-10-7-17-32-24)18-28-15-11-20(12-16-28)23(19-28)31-26(30)25(21-8-3-1-4-9-21)27-13-5-2-6-14-27;2*3-2(4,5)1(6)7/h2*1,3-4,7-10,17,20,23,25H,2,5-6,11-16,18-19H2;2*(H,6,7)/q2*+1;;/p-2/t20?,23-,25?,28?;;;/m0.../s1. The number of carboxylic acid groups (broad SMARTS) is 2. The molecule has 4 aromatic rings. The van der Waals surface area contributed by atoms with Crippen molar-refractivity contribution >= 4 is 58.1 Å². The van der Waals surface area contributed by atoms with Crippen molar-refractivity contribution in [3.8, 4) is 0 Å². The van der Waals surface area contributed by atoms with E-state index in [2.05, 4.69) is 9.80 Å². The fourth-order valence-electron chi connectivity index (χ4n) is 11.8. The fraction of sp³-hybridized carbons (Fsp3) is 0.536. The molecule has 0 radical (unpaired) electrons. The second-order valence-electron chi connectivity index (χ2n) is 21.1. The highest BCUT2D eigenvalue weighted by atomic mass is 32.1. The molecule has 0 amide bonds. The van der Waals surface area contributed by atoms with E-state index in [0.29, 0.717) is 24.9 Å². The predicted molar refractivity (Wildman–Crippen MR) is 273 cm³/mol. The normalized spacial score (nSPS) is 25.7. The van der Waals surface area contributed by atoms with Gasteiger partial charge in [-0.15, -0.1) is 22.7 Å². The number of Topliss-reactive ketones (excluding diaryl/α,β-unsaturated/α-hetero) is 2. The lowest BCUT2D eigenvalue weighted by Crippen LogP contribution is -2.66. The van der Waals surface area contributed by atoms with E-state index in [1.165, 1.54) is 35.5 Å². The first-order chi connectivity index (χ1) is 37.2. The highest BCUT2D eigenvalue weighted by Crippen LogP contribution is 2.39. The van der Waals surface area contributed by atoms with Gasteiger partial charge < -0.3 is 38.2 Å². The van der Waals surface area contributed by atoms with Gasteiger partial charge in [0.15, 0.2) is 12.2 Å². The molecule has 0 aliphatic carbocycles. The van der Waals surface area contributed by atoms with E-state index in [9.17, 15) is 45.5 Å². The van der Waals surface area contributed by atoms with Crippen molar-refractivity contribution in [2.75, 3.05) is 78.5 Å². The summed E-state index contributed by atoms with van der Waals surface area (Å²) < 4.78 is 77.2. The SMILES string of the molecule is O=C(C[N+]12CCC(CC1)C(OC(=O)C(c1ccccc1)N1CCCCC1)C2)c1cccs1.O=C(C[N+]12CCC(CC1)[C@@H](OC(=O)C(c1ccccc1)N1CCCCC1)C2)c1cccs1.O=C([O-])C(F)(F)F.O=C([O-])C(F)(F)F. The molecule has 8 fully saturated rings. The van der Waals surface area contributed by atoms with E-state index in [4.69, 9.17) is 29.3 Å². The molecular formula is C56H66F6N4O10S2. The number of fused-ring (bicyclic) bond motifs is 6. The van der Waals surface area contributed by atoms with Crippen LogP contribution in [0.2, 0.25) is 0 Å². The molecule has 0 N–H and O–H groups in total. The molecule has 4 bridgehead atoms. The molecule has 2 aromatic carbocycles. The Labute approximate surface area is 457 Å². The molecule has 12 rings (SSSR count). The average molecular weight is 1130 g/mol. The summed E-state index contributed by atoms with van der Waals surface area (Å²) in [5.41, 5.74) is 2.05. The van der Waals surface area contributed by atoms with Crippen LogP contribution in [-0.2, 0) is 28.7 Å². The van der Waals surface area contributed by atoms with Crippen LogP contribution < -0.4 is 10.2 Å². The number of benzene rings is 2. The van der Waals surface area contributed by atoms with Crippen LogP contribution >= 0.6 is 22.7 Å². The Balaban J connectivity index is 0.000000182. The molecule has 10 heterocycles. The molecule has 8 aliphatic heterocycles. The number of rotatable bonds is 14. The van der Waals surface area contributed by atoms with Crippen molar-refractivity contribution in [1.82, 2.24) is 9.80 Å². The number of alkyl halides is 6. The zero-order valence-electron chi connectivity index (χ0n) is 43.2. The Hall–Kier alpha value is -5.52. The summed E-state index contributed by atoms with van der Waals surface area (Å²) in [6.45, 7) is 10.4. The molecule has 4 atom stereocenters. The summed E-state index contributed by atoms with van der Waals surface area (Å²) in [6.07, 6.45) is 0.582. The van der Waals surface area contributed by atoms with Gasteiger partial charge in [-0.1, -0.05) is 85.6 Å². The highest BCUT2D eigenvalue weighted by molar-refractivity contribution is 7.12. The van der Waals surface area contributed by atoms with E-state index in [0.717, 1.165) is 147 Å². The number of thiophene rings is 2. The minimum Gasteiger partial charge on any atom is -0.542 e. The van der Waals surface area contributed by atoms with Gasteiger partial charge >= 0.3 is 24.3 Å². The van der Waals surface area contributed by atoms with Crippen LogP contribution in [0, 0.1) is 11.8 Å². The van der Waals surface area contributed by atoms with Gasteiger partial charge in [-0.05, 0) is 85.9 Å². The van der Waals surface area contributed by atoms with Gasteiger partial charge in [0.1, 0.15) is 50.2 Å². The second-order valence-corrected chi connectivity index (χ2v) is 23.0. The van der Waals surface area contributed by atoms with E-state index in [1.54, 1.807) is 0 Å². The van der Waals surface area contributed by atoms with Gasteiger partial charge in [0.25, 0.3) is 0 Å². The molecule has 3 unspecified atom stereocenters. The number of esters is 2. The number of nitrogens with zero attached hydrogens (tertiary/aromatic N) is 4. The maximum absolute atomic E-state index is 13.6. The third-order valence-corrected chi connectivity index (χ3v) is 17.6. The number of quaternary nitrogens is 2. The summed E-state index contributed by atoms with van der Waals surface area (Å²) in [5.74, 6) is -4.94. The average Bonchev–Trinajstić information content (AvgIpc) is 4.19. The molecule has 8 saturated heterocycles. The minimum absolute atomic E-state index is 0.0860. The van der Waals surface area contributed by atoms with Crippen LogP contribution in [0.15, 0.2) is 95.7 Å². The smallest absolute Gasteiger partial charge is 0.430 e. The van der Waals surface area contributed by atoms with Crippen molar-refractivity contribution in [3.05, 3.63) is 117 Å². The number of carboxylic acids is 2. The first-order valence-corrected chi connectivity index (χ1v) is 28.3. The molecule has 0 saturated carbocycles. The number of piperidine rings is 8. The molecule has 8 aliphatic rings. The molecule has 424 valence electrons. The number of hydrogen-bond donors (Lipinski definition) is 0.